The van der Waals surface area contributed by atoms with E-state index in [0.717, 1.165) is 31.0 Å². The normalized spacial score (nSPS) is 16.0. The molecular weight excluding hydrogens is 412 g/mol. The van der Waals surface area contributed by atoms with Gasteiger partial charge in [-0.2, -0.15) is 0 Å². The standard InChI is InChI=1S/C25H26O3S2/c1-20-7-13-24(14-8-20)30(26)28-16-15-21-9-11-22(12-10-21)25(17-27-18-25)19-29-23-5-3-2-4-6-23/h2-14H,15-19H2,1H3. The lowest BCUT2D eigenvalue weighted by Crippen LogP contribution is -2.48. The van der Waals surface area contributed by atoms with E-state index in [1.165, 1.54) is 16.0 Å². The Labute approximate surface area is 185 Å². The molecule has 3 aromatic carbocycles. The summed E-state index contributed by atoms with van der Waals surface area (Å²) < 4.78 is 23.4. The number of benzene rings is 3. The average molecular weight is 439 g/mol. The highest BCUT2D eigenvalue weighted by molar-refractivity contribution is 7.99. The minimum atomic E-state index is -1.42. The van der Waals surface area contributed by atoms with Gasteiger partial charge in [0.15, 0.2) is 11.1 Å². The van der Waals surface area contributed by atoms with Crippen molar-refractivity contribution in [2.45, 2.75) is 28.6 Å². The van der Waals surface area contributed by atoms with Crippen LogP contribution in [-0.4, -0.2) is 29.8 Å². The van der Waals surface area contributed by atoms with Crippen molar-refractivity contribution in [1.29, 1.82) is 0 Å². The van der Waals surface area contributed by atoms with Crippen molar-refractivity contribution < 1.29 is 13.1 Å². The van der Waals surface area contributed by atoms with E-state index in [-0.39, 0.29) is 5.41 Å². The lowest BCUT2D eigenvalue weighted by molar-refractivity contribution is -0.0472. The van der Waals surface area contributed by atoms with Crippen LogP contribution in [-0.2, 0) is 31.8 Å². The molecule has 0 amide bonds. The summed E-state index contributed by atoms with van der Waals surface area (Å²) in [6.45, 7) is 3.98. The molecule has 0 bridgehead atoms. The first-order valence-corrected chi connectivity index (χ1v) is 12.2. The molecule has 0 N–H and O–H groups in total. The summed E-state index contributed by atoms with van der Waals surface area (Å²) in [5, 5.41) is 0. The molecule has 5 heteroatoms. The summed E-state index contributed by atoms with van der Waals surface area (Å²) in [5.41, 5.74) is 3.74. The molecule has 0 aliphatic carbocycles. The highest BCUT2D eigenvalue weighted by Crippen LogP contribution is 2.37. The number of hydrogen-bond donors (Lipinski definition) is 0. The molecule has 3 aromatic rings. The molecule has 0 radical (unpaired) electrons. The maximum absolute atomic E-state index is 12.2. The van der Waals surface area contributed by atoms with E-state index < -0.39 is 11.1 Å². The van der Waals surface area contributed by atoms with E-state index in [4.69, 9.17) is 8.92 Å². The van der Waals surface area contributed by atoms with Crippen LogP contribution in [0.4, 0.5) is 0 Å². The summed E-state index contributed by atoms with van der Waals surface area (Å²) in [5.74, 6) is 1.01. The fourth-order valence-corrected chi connectivity index (χ4v) is 5.25. The highest BCUT2D eigenvalue weighted by atomic mass is 32.2. The maximum Gasteiger partial charge on any atom is 0.189 e. The monoisotopic (exact) mass is 438 g/mol. The first-order chi connectivity index (χ1) is 14.6. The van der Waals surface area contributed by atoms with E-state index in [1.54, 1.807) is 0 Å². The zero-order valence-electron chi connectivity index (χ0n) is 17.1. The molecule has 1 unspecified atom stereocenters. The molecule has 1 aliphatic rings. The van der Waals surface area contributed by atoms with Gasteiger partial charge in [0.1, 0.15) is 0 Å². The van der Waals surface area contributed by atoms with Gasteiger partial charge in [0, 0.05) is 10.6 Å². The second-order valence-electron chi connectivity index (χ2n) is 7.69. The summed E-state index contributed by atoms with van der Waals surface area (Å²) in [6, 6.07) is 26.8. The van der Waals surface area contributed by atoms with Crippen LogP contribution in [0.25, 0.3) is 0 Å². The fourth-order valence-electron chi connectivity index (χ4n) is 3.40. The number of hydrogen-bond acceptors (Lipinski definition) is 4. The molecule has 4 rings (SSSR count). The molecule has 0 aromatic heterocycles. The first kappa shape index (κ1) is 21.3. The van der Waals surface area contributed by atoms with Gasteiger partial charge in [0.05, 0.1) is 30.1 Å². The van der Waals surface area contributed by atoms with Gasteiger partial charge in [0.25, 0.3) is 0 Å². The molecule has 3 nitrogen and oxygen atoms in total. The van der Waals surface area contributed by atoms with Gasteiger partial charge in [-0.1, -0.05) is 60.2 Å². The Balaban J connectivity index is 1.30. The van der Waals surface area contributed by atoms with E-state index >= 15 is 0 Å². The highest BCUT2D eigenvalue weighted by Gasteiger charge is 2.40. The van der Waals surface area contributed by atoms with Crippen LogP contribution in [0.15, 0.2) is 88.7 Å². The lowest BCUT2D eigenvalue weighted by Gasteiger charge is -2.42. The van der Waals surface area contributed by atoms with Gasteiger partial charge in [-0.15, -0.1) is 11.8 Å². The summed E-state index contributed by atoms with van der Waals surface area (Å²) in [4.78, 5) is 2.00. The van der Waals surface area contributed by atoms with E-state index in [1.807, 2.05) is 49.0 Å². The number of aryl methyl sites for hydroxylation is 1. The quantitative estimate of drug-likeness (QED) is 0.423. The van der Waals surface area contributed by atoms with Gasteiger partial charge >= 0.3 is 0 Å². The minimum absolute atomic E-state index is 0.0858. The van der Waals surface area contributed by atoms with Gasteiger partial charge < -0.3 is 4.74 Å². The Morgan fingerprint density at radius 1 is 0.967 bits per heavy atom. The summed E-state index contributed by atoms with van der Waals surface area (Å²) in [6.07, 6.45) is 0.736. The molecule has 1 atom stereocenters. The van der Waals surface area contributed by atoms with E-state index in [9.17, 15) is 4.21 Å². The zero-order chi connectivity index (χ0) is 20.8. The Bertz CT molecular complexity index is 966. The topological polar surface area (TPSA) is 35.5 Å². The first-order valence-electron chi connectivity index (χ1n) is 10.1. The van der Waals surface area contributed by atoms with Crippen molar-refractivity contribution in [3.63, 3.8) is 0 Å². The van der Waals surface area contributed by atoms with Crippen LogP contribution in [0.3, 0.4) is 0 Å². The van der Waals surface area contributed by atoms with Crippen LogP contribution >= 0.6 is 11.8 Å². The smallest absolute Gasteiger partial charge is 0.189 e. The van der Waals surface area contributed by atoms with Gasteiger partial charge in [0.2, 0.25) is 0 Å². The van der Waals surface area contributed by atoms with Crippen molar-refractivity contribution in [2.24, 2.45) is 0 Å². The third-order valence-electron chi connectivity index (χ3n) is 5.38. The molecular formula is C25H26O3S2. The van der Waals surface area contributed by atoms with Crippen LogP contribution < -0.4 is 0 Å². The number of thioether (sulfide) groups is 1. The molecule has 156 valence electrons. The third-order valence-corrected chi connectivity index (χ3v) is 7.72. The van der Waals surface area contributed by atoms with Crippen molar-refractivity contribution in [2.75, 3.05) is 25.6 Å². The Kier molecular flexibility index (Phi) is 7.05. The predicted molar refractivity (Wildman–Crippen MR) is 123 cm³/mol. The van der Waals surface area contributed by atoms with Crippen molar-refractivity contribution in [1.82, 2.24) is 0 Å². The van der Waals surface area contributed by atoms with Crippen LogP contribution in [0.1, 0.15) is 16.7 Å². The van der Waals surface area contributed by atoms with Crippen molar-refractivity contribution >= 4 is 22.8 Å². The SMILES string of the molecule is Cc1ccc(S(=O)OCCc2ccc(C3(CSc4ccccc4)COC3)cc2)cc1. The number of rotatable bonds is 9. The zero-order valence-corrected chi connectivity index (χ0v) is 18.7. The van der Waals surface area contributed by atoms with E-state index in [0.29, 0.717) is 11.5 Å². The van der Waals surface area contributed by atoms with Gasteiger partial charge in [-0.25, -0.2) is 4.21 Å². The molecule has 1 aliphatic heterocycles. The molecule has 0 saturated carbocycles. The van der Waals surface area contributed by atoms with Crippen LogP contribution in [0.5, 0.6) is 0 Å². The largest absolute Gasteiger partial charge is 0.379 e. The Morgan fingerprint density at radius 2 is 1.67 bits per heavy atom. The van der Waals surface area contributed by atoms with Crippen LogP contribution in [0.2, 0.25) is 0 Å². The average Bonchev–Trinajstić information content (AvgIpc) is 2.75. The Hall–Kier alpha value is -1.92. The maximum atomic E-state index is 12.2. The molecule has 30 heavy (non-hydrogen) atoms. The fraction of sp³-hybridized carbons (Fsp3) is 0.280. The molecule has 0 spiro atoms. The van der Waals surface area contributed by atoms with Crippen molar-refractivity contribution in [3.05, 3.63) is 95.6 Å². The van der Waals surface area contributed by atoms with E-state index in [2.05, 4.69) is 48.5 Å². The molecule has 1 fully saturated rings. The van der Waals surface area contributed by atoms with Gasteiger partial charge in [-0.05, 0) is 48.7 Å². The molecule has 1 saturated heterocycles. The minimum Gasteiger partial charge on any atom is -0.379 e. The number of ether oxygens (including phenoxy) is 1. The molecule has 1 heterocycles. The Morgan fingerprint density at radius 3 is 2.30 bits per heavy atom. The second-order valence-corrected chi connectivity index (χ2v) is 9.92. The summed E-state index contributed by atoms with van der Waals surface area (Å²) in [7, 11) is 0. The second kappa shape index (κ2) is 9.92. The predicted octanol–water partition coefficient (Wildman–Crippen LogP) is 5.34. The lowest BCUT2D eigenvalue weighted by atomic mass is 9.80. The third kappa shape index (κ3) is 5.22. The summed E-state index contributed by atoms with van der Waals surface area (Å²) >= 11 is 0.468. The van der Waals surface area contributed by atoms with Crippen LogP contribution in [0, 0.1) is 6.92 Å². The van der Waals surface area contributed by atoms with Gasteiger partial charge in [-0.3, -0.25) is 4.18 Å². The van der Waals surface area contributed by atoms with Crippen molar-refractivity contribution in [3.8, 4) is 0 Å².